The molecule has 0 radical (unpaired) electrons. The topological polar surface area (TPSA) is 68.9 Å². The number of rotatable bonds is 2. The molecule has 2 aromatic heterocycles. The average molecular weight is 280 g/mol. The SMILES string of the molecule is O=[N+]([O-])c1ccc(-c2ccccn2)nc1Br. The van der Waals surface area contributed by atoms with Gasteiger partial charge in [0.2, 0.25) is 0 Å². The summed E-state index contributed by atoms with van der Waals surface area (Å²) in [6.45, 7) is 0. The highest BCUT2D eigenvalue weighted by atomic mass is 79.9. The molecule has 0 aliphatic carbocycles. The second kappa shape index (κ2) is 4.36. The van der Waals surface area contributed by atoms with Crippen molar-refractivity contribution in [1.29, 1.82) is 0 Å². The number of pyridine rings is 2. The van der Waals surface area contributed by atoms with Crippen LogP contribution in [0.25, 0.3) is 11.4 Å². The molecule has 2 heterocycles. The van der Waals surface area contributed by atoms with Crippen molar-refractivity contribution < 1.29 is 4.92 Å². The lowest BCUT2D eigenvalue weighted by Gasteiger charge is -2.00. The zero-order valence-electron chi connectivity index (χ0n) is 8.00. The summed E-state index contributed by atoms with van der Waals surface area (Å²) in [6.07, 6.45) is 1.65. The summed E-state index contributed by atoms with van der Waals surface area (Å²) in [6, 6.07) is 8.40. The Morgan fingerprint density at radius 3 is 2.56 bits per heavy atom. The highest BCUT2D eigenvalue weighted by molar-refractivity contribution is 9.10. The van der Waals surface area contributed by atoms with Gasteiger partial charge in [-0.25, -0.2) is 4.98 Å². The molecule has 0 aliphatic rings. The van der Waals surface area contributed by atoms with Crippen LogP contribution < -0.4 is 0 Å². The highest BCUT2D eigenvalue weighted by Crippen LogP contribution is 2.25. The second-order valence-electron chi connectivity index (χ2n) is 2.98. The molecule has 5 nitrogen and oxygen atoms in total. The number of nitrogens with zero attached hydrogens (tertiary/aromatic N) is 3. The highest BCUT2D eigenvalue weighted by Gasteiger charge is 2.14. The van der Waals surface area contributed by atoms with Gasteiger partial charge in [0.05, 0.1) is 16.3 Å². The number of nitro groups is 1. The fourth-order valence-corrected chi connectivity index (χ4v) is 1.69. The van der Waals surface area contributed by atoms with Crippen LogP contribution in [0.2, 0.25) is 0 Å². The molecular formula is C10H6BrN3O2. The van der Waals surface area contributed by atoms with Crippen molar-refractivity contribution in [2.24, 2.45) is 0 Å². The zero-order chi connectivity index (χ0) is 11.5. The van der Waals surface area contributed by atoms with Crippen LogP contribution in [0.1, 0.15) is 0 Å². The van der Waals surface area contributed by atoms with E-state index in [4.69, 9.17) is 0 Å². The van der Waals surface area contributed by atoms with Crippen molar-refractivity contribution in [3.05, 3.63) is 51.2 Å². The Hall–Kier alpha value is -1.82. The summed E-state index contributed by atoms with van der Waals surface area (Å²) >= 11 is 3.06. The zero-order valence-corrected chi connectivity index (χ0v) is 9.59. The van der Waals surface area contributed by atoms with Crippen LogP contribution in [0, 0.1) is 10.1 Å². The fraction of sp³-hybridized carbons (Fsp3) is 0. The summed E-state index contributed by atoms with van der Waals surface area (Å²) in [5.41, 5.74) is 1.22. The maximum absolute atomic E-state index is 10.6. The minimum Gasteiger partial charge on any atom is -0.258 e. The predicted molar refractivity (Wildman–Crippen MR) is 61.8 cm³/mol. The van der Waals surface area contributed by atoms with E-state index in [0.29, 0.717) is 11.4 Å². The second-order valence-corrected chi connectivity index (χ2v) is 3.73. The number of aromatic nitrogens is 2. The van der Waals surface area contributed by atoms with Crippen molar-refractivity contribution in [2.45, 2.75) is 0 Å². The van der Waals surface area contributed by atoms with Gasteiger partial charge in [0, 0.05) is 12.3 Å². The van der Waals surface area contributed by atoms with Gasteiger partial charge in [-0.15, -0.1) is 0 Å². The fourth-order valence-electron chi connectivity index (χ4n) is 1.22. The van der Waals surface area contributed by atoms with Crippen LogP contribution in [0.4, 0.5) is 5.69 Å². The molecule has 0 N–H and O–H groups in total. The van der Waals surface area contributed by atoms with Gasteiger partial charge in [-0.2, -0.15) is 0 Å². The van der Waals surface area contributed by atoms with E-state index in [9.17, 15) is 10.1 Å². The van der Waals surface area contributed by atoms with Crippen LogP contribution in [-0.2, 0) is 0 Å². The average Bonchev–Trinajstić information content (AvgIpc) is 2.29. The maximum atomic E-state index is 10.6. The molecule has 0 spiro atoms. The lowest BCUT2D eigenvalue weighted by Crippen LogP contribution is -1.93. The molecule has 0 saturated carbocycles. The van der Waals surface area contributed by atoms with Gasteiger partial charge in [0.1, 0.15) is 0 Å². The van der Waals surface area contributed by atoms with E-state index in [1.54, 1.807) is 24.4 Å². The Bertz CT molecular complexity index is 531. The third-order valence-electron chi connectivity index (χ3n) is 1.95. The molecule has 0 atom stereocenters. The van der Waals surface area contributed by atoms with E-state index in [2.05, 4.69) is 25.9 Å². The van der Waals surface area contributed by atoms with Gasteiger partial charge < -0.3 is 0 Å². The van der Waals surface area contributed by atoms with Gasteiger partial charge in [0.25, 0.3) is 0 Å². The van der Waals surface area contributed by atoms with E-state index in [0.717, 1.165) is 0 Å². The van der Waals surface area contributed by atoms with E-state index < -0.39 is 4.92 Å². The lowest BCUT2D eigenvalue weighted by molar-refractivity contribution is -0.386. The van der Waals surface area contributed by atoms with Crippen molar-refractivity contribution in [3.63, 3.8) is 0 Å². The summed E-state index contributed by atoms with van der Waals surface area (Å²) in [7, 11) is 0. The Labute approximate surface area is 99.4 Å². The number of hydrogen-bond donors (Lipinski definition) is 0. The van der Waals surface area contributed by atoms with Crippen LogP contribution >= 0.6 is 15.9 Å². The largest absolute Gasteiger partial charge is 0.301 e. The molecule has 2 aromatic rings. The van der Waals surface area contributed by atoms with Gasteiger partial charge >= 0.3 is 5.69 Å². The minimum atomic E-state index is -0.487. The van der Waals surface area contributed by atoms with Crippen molar-refractivity contribution in [2.75, 3.05) is 0 Å². The molecule has 6 heteroatoms. The van der Waals surface area contributed by atoms with E-state index in [1.807, 2.05) is 6.07 Å². The van der Waals surface area contributed by atoms with E-state index in [1.165, 1.54) is 6.07 Å². The summed E-state index contributed by atoms with van der Waals surface area (Å²) in [4.78, 5) is 18.3. The molecule has 0 bridgehead atoms. The van der Waals surface area contributed by atoms with Crippen molar-refractivity contribution >= 4 is 21.6 Å². The van der Waals surface area contributed by atoms with Crippen LogP contribution in [0.15, 0.2) is 41.1 Å². The standard InChI is InChI=1S/C10H6BrN3O2/c11-10-9(14(15)16)5-4-8(13-10)7-3-1-2-6-12-7/h1-6H. The Morgan fingerprint density at radius 1 is 1.19 bits per heavy atom. The lowest BCUT2D eigenvalue weighted by atomic mass is 10.2. The van der Waals surface area contributed by atoms with Gasteiger partial charge in [0.15, 0.2) is 4.60 Å². The molecule has 80 valence electrons. The Balaban J connectivity index is 2.46. The first kappa shape index (κ1) is 10.7. The van der Waals surface area contributed by atoms with Crippen molar-refractivity contribution in [3.8, 4) is 11.4 Å². The minimum absolute atomic E-state index is 0.0559. The monoisotopic (exact) mass is 279 g/mol. The van der Waals surface area contributed by atoms with Gasteiger partial charge in [-0.1, -0.05) is 6.07 Å². The van der Waals surface area contributed by atoms with Crippen LogP contribution in [0.3, 0.4) is 0 Å². The predicted octanol–water partition coefficient (Wildman–Crippen LogP) is 2.81. The molecule has 2 rings (SSSR count). The molecule has 0 aromatic carbocycles. The van der Waals surface area contributed by atoms with Gasteiger partial charge in [-0.05, 0) is 34.1 Å². The summed E-state index contributed by atoms with van der Waals surface area (Å²) < 4.78 is 0.209. The van der Waals surface area contributed by atoms with Crippen molar-refractivity contribution in [1.82, 2.24) is 9.97 Å². The molecule has 0 aliphatic heterocycles. The maximum Gasteiger partial charge on any atom is 0.301 e. The Morgan fingerprint density at radius 2 is 2.00 bits per heavy atom. The quantitative estimate of drug-likeness (QED) is 0.482. The first-order chi connectivity index (χ1) is 7.68. The van der Waals surface area contributed by atoms with Gasteiger partial charge in [-0.3, -0.25) is 15.1 Å². The summed E-state index contributed by atoms with van der Waals surface area (Å²) in [5.74, 6) is 0. The Kier molecular flexibility index (Phi) is 2.91. The normalized spacial score (nSPS) is 10.1. The first-order valence-corrected chi connectivity index (χ1v) is 5.20. The van der Waals surface area contributed by atoms with E-state index >= 15 is 0 Å². The smallest absolute Gasteiger partial charge is 0.258 e. The molecule has 0 unspecified atom stereocenters. The molecule has 0 amide bonds. The number of halogens is 1. The molecule has 16 heavy (non-hydrogen) atoms. The first-order valence-electron chi connectivity index (χ1n) is 4.41. The molecule has 0 fully saturated rings. The summed E-state index contributed by atoms with van der Waals surface area (Å²) in [5, 5.41) is 10.6. The number of hydrogen-bond acceptors (Lipinski definition) is 4. The molecular weight excluding hydrogens is 274 g/mol. The van der Waals surface area contributed by atoms with E-state index in [-0.39, 0.29) is 10.3 Å². The van der Waals surface area contributed by atoms with Crippen LogP contribution in [0.5, 0.6) is 0 Å². The van der Waals surface area contributed by atoms with Crippen LogP contribution in [-0.4, -0.2) is 14.9 Å². The third-order valence-corrected chi connectivity index (χ3v) is 2.54. The third kappa shape index (κ3) is 2.06. The molecule has 0 saturated heterocycles.